The van der Waals surface area contributed by atoms with Crippen LogP contribution in [0.5, 0.6) is 0 Å². The minimum absolute atomic E-state index is 0.164. The van der Waals surface area contributed by atoms with Gasteiger partial charge in [-0.3, -0.25) is 9.48 Å². The molecule has 0 fully saturated rings. The van der Waals surface area contributed by atoms with Gasteiger partial charge >= 0.3 is 0 Å². The Balaban J connectivity index is 2.18. The molecule has 0 aliphatic heterocycles. The van der Waals surface area contributed by atoms with Crippen molar-refractivity contribution >= 4 is 5.78 Å². The van der Waals surface area contributed by atoms with Crippen LogP contribution in [0.15, 0.2) is 18.5 Å². The number of carbonyl (C=O) groups excluding carboxylic acids is 1. The normalized spacial score (nSPS) is 10.7. The summed E-state index contributed by atoms with van der Waals surface area (Å²) in [5.41, 5.74) is 0. The smallest absolute Gasteiger partial charge is 0.135 e. The summed E-state index contributed by atoms with van der Waals surface area (Å²) in [6, 6.07) is 1.89. The molecule has 0 bridgehead atoms. The van der Waals surface area contributed by atoms with E-state index in [1.807, 2.05) is 30.8 Å². The molecule has 13 heavy (non-hydrogen) atoms. The standard InChI is InChI=1S/C10H16N2O/c1-9(2)10(13)5-3-7-12-8-4-6-11-12/h4,6,8-9H,3,5,7H2,1-2H3. The highest BCUT2D eigenvalue weighted by Gasteiger charge is 2.05. The third-order valence-corrected chi connectivity index (χ3v) is 2.01. The van der Waals surface area contributed by atoms with Crippen molar-refractivity contribution in [2.75, 3.05) is 0 Å². The fourth-order valence-corrected chi connectivity index (χ4v) is 1.14. The van der Waals surface area contributed by atoms with E-state index in [1.54, 1.807) is 6.20 Å². The van der Waals surface area contributed by atoms with Gasteiger partial charge in [-0.25, -0.2) is 0 Å². The predicted molar refractivity (Wildman–Crippen MR) is 51.3 cm³/mol. The summed E-state index contributed by atoms with van der Waals surface area (Å²) >= 11 is 0. The molecule has 0 aliphatic carbocycles. The van der Waals surface area contributed by atoms with Crippen molar-refractivity contribution in [3.63, 3.8) is 0 Å². The summed E-state index contributed by atoms with van der Waals surface area (Å²) in [5.74, 6) is 0.504. The number of ketones is 1. The molecule has 1 heterocycles. The molecule has 0 unspecified atom stereocenters. The predicted octanol–water partition coefficient (Wildman–Crippen LogP) is 1.89. The first-order chi connectivity index (χ1) is 6.20. The monoisotopic (exact) mass is 180 g/mol. The number of hydrogen-bond acceptors (Lipinski definition) is 2. The molecule has 0 amide bonds. The maximum Gasteiger partial charge on any atom is 0.135 e. The van der Waals surface area contributed by atoms with E-state index in [1.165, 1.54) is 0 Å². The molecule has 0 N–H and O–H groups in total. The number of rotatable bonds is 5. The Labute approximate surface area is 78.8 Å². The zero-order valence-electron chi connectivity index (χ0n) is 8.23. The van der Waals surface area contributed by atoms with Gasteiger partial charge in [-0.05, 0) is 12.5 Å². The average Bonchev–Trinajstić information content (AvgIpc) is 2.56. The molecule has 3 nitrogen and oxygen atoms in total. The van der Waals surface area contributed by atoms with Gasteiger partial charge in [0.2, 0.25) is 0 Å². The van der Waals surface area contributed by atoms with Crippen LogP contribution in [0.1, 0.15) is 26.7 Å². The number of carbonyl (C=O) groups is 1. The lowest BCUT2D eigenvalue weighted by atomic mass is 10.1. The van der Waals surface area contributed by atoms with Crippen molar-refractivity contribution in [1.29, 1.82) is 0 Å². The second kappa shape index (κ2) is 4.80. The van der Waals surface area contributed by atoms with Crippen molar-refractivity contribution in [2.45, 2.75) is 33.2 Å². The minimum Gasteiger partial charge on any atom is -0.299 e. The Morgan fingerprint density at radius 1 is 1.54 bits per heavy atom. The van der Waals surface area contributed by atoms with Gasteiger partial charge in [-0.15, -0.1) is 0 Å². The first-order valence-electron chi connectivity index (χ1n) is 4.70. The van der Waals surface area contributed by atoms with E-state index in [9.17, 15) is 4.79 Å². The first-order valence-corrected chi connectivity index (χ1v) is 4.70. The van der Waals surface area contributed by atoms with E-state index in [2.05, 4.69) is 5.10 Å². The second-order valence-electron chi connectivity index (χ2n) is 3.49. The molecule has 1 aromatic heterocycles. The lowest BCUT2D eigenvalue weighted by molar-refractivity contribution is -0.122. The summed E-state index contributed by atoms with van der Waals surface area (Å²) in [4.78, 5) is 11.2. The topological polar surface area (TPSA) is 34.9 Å². The first kappa shape index (κ1) is 9.96. The molecule has 0 aromatic carbocycles. The molecular formula is C10H16N2O. The zero-order chi connectivity index (χ0) is 9.68. The van der Waals surface area contributed by atoms with Gasteiger partial charge in [-0.1, -0.05) is 13.8 Å². The molecule has 0 radical (unpaired) electrons. The largest absolute Gasteiger partial charge is 0.299 e. The molecule has 0 atom stereocenters. The van der Waals surface area contributed by atoms with E-state index in [-0.39, 0.29) is 5.92 Å². The van der Waals surface area contributed by atoms with Gasteiger partial charge in [0.15, 0.2) is 0 Å². The molecule has 1 rings (SSSR count). The summed E-state index contributed by atoms with van der Waals surface area (Å²) in [6.45, 7) is 4.72. The molecule has 0 aliphatic rings. The molecule has 0 spiro atoms. The summed E-state index contributed by atoms with van der Waals surface area (Å²) in [7, 11) is 0. The zero-order valence-corrected chi connectivity index (χ0v) is 8.23. The number of Topliss-reactive ketones (excluding diaryl/α,β-unsaturated/α-hetero) is 1. The number of hydrogen-bond donors (Lipinski definition) is 0. The highest BCUT2D eigenvalue weighted by atomic mass is 16.1. The van der Waals surface area contributed by atoms with Gasteiger partial charge in [0.05, 0.1) is 0 Å². The SMILES string of the molecule is CC(C)C(=O)CCCn1cccn1. The van der Waals surface area contributed by atoms with Crippen LogP contribution in [0.25, 0.3) is 0 Å². The van der Waals surface area contributed by atoms with E-state index < -0.39 is 0 Å². The van der Waals surface area contributed by atoms with Crippen LogP contribution in [-0.2, 0) is 11.3 Å². The molecule has 3 heteroatoms. The van der Waals surface area contributed by atoms with Crippen LogP contribution in [-0.4, -0.2) is 15.6 Å². The highest BCUT2D eigenvalue weighted by molar-refractivity contribution is 5.80. The van der Waals surface area contributed by atoms with Crippen LogP contribution in [0, 0.1) is 5.92 Å². The van der Waals surface area contributed by atoms with Crippen LogP contribution < -0.4 is 0 Å². The highest BCUT2D eigenvalue weighted by Crippen LogP contribution is 2.02. The Bertz CT molecular complexity index is 252. The van der Waals surface area contributed by atoms with Gasteiger partial charge in [0, 0.05) is 31.3 Å². The van der Waals surface area contributed by atoms with E-state index >= 15 is 0 Å². The van der Waals surface area contributed by atoms with Crippen LogP contribution in [0.2, 0.25) is 0 Å². The van der Waals surface area contributed by atoms with Crippen molar-refractivity contribution in [2.24, 2.45) is 5.92 Å². The molecule has 72 valence electrons. The maximum absolute atomic E-state index is 11.2. The Hall–Kier alpha value is -1.12. The van der Waals surface area contributed by atoms with Crippen molar-refractivity contribution in [3.8, 4) is 0 Å². The molecule has 0 saturated carbocycles. The third-order valence-electron chi connectivity index (χ3n) is 2.01. The van der Waals surface area contributed by atoms with Gasteiger partial charge < -0.3 is 0 Å². The Morgan fingerprint density at radius 3 is 2.85 bits per heavy atom. The van der Waals surface area contributed by atoms with Crippen molar-refractivity contribution in [1.82, 2.24) is 9.78 Å². The fraction of sp³-hybridized carbons (Fsp3) is 0.600. The molecule has 0 saturated heterocycles. The van der Waals surface area contributed by atoms with Gasteiger partial charge in [0.25, 0.3) is 0 Å². The lowest BCUT2D eigenvalue weighted by Crippen LogP contribution is -2.08. The van der Waals surface area contributed by atoms with Crippen molar-refractivity contribution < 1.29 is 4.79 Å². The van der Waals surface area contributed by atoms with Crippen molar-refractivity contribution in [3.05, 3.63) is 18.5 Å². The maximum atomic E-state index is 11.2. The van der Waals surface area contributed by atoms with Gasteiger partial charge in [0.1, 0.15) is 5.78 Å². The quantitative estimate of drug-likeness (QED) is 0.693. The summed E-state index contributed by atoms with van der Waals surface area (Å²) < 4.78 is 1.85. The summed E-state index contributed by atoms with van der Waals surface area (Å²) in [5, 5.41) is 4.06. The summed E-state index contributed by atoms with van der Waals surface area (Å²) in [6.07, 6.45) is 5.22. The lowest BCUT2D eigenvalue weighted by Gasteiger charge is -2.03. The number of nitrogens with zero attached hydrogens (tertiary/aromatic N) is 2. The van der Waals surface area contributed by atoms with Gasteiger partial charge in [-0.2, -0.15) is 5.10 Å². The number of aryl methyl sites for hydroxylation is 1. The minimum atomic E-state index is 0.164. The van der Waals surface area contributed by atoms with E-state index in [0.717, 1.165) is 13.0 Å². The Morgan fingerprint density at radius 2 is 2.31 bits per heavy atom. The average molecular weight is 180 g/mol. The van der Waals surface area contributed by atoms with E-state index in [4.69, 9.17) is 0 Å². The Kier molecular flexibility index (Phi) is 3.68. The van der Waals surface area contributed by atoms with E-state index in [0.29, 0.717) is 12.2 Å². The second-order valence-corrected chi connectivity index (χ2v) is 3.49. The fourth-order valence-electron chi connectivity index (χ4n) is 1.14. The van der Waals surface area contributed by atoms with Crippen LogP contribution in [0.3, 0.4) is 0 Å². The van der Waals surface area contributed by atoms with Crippen LogP contribution >= 0.6 is 0 Å². The molecular weight excluding hydrogens is 164 g/mol. The molecule has 1 aromatic rings. The third kappa shape index (κ3) is 3.40. The number of aromatic nitrogens is 2. The van der Waals surface area contributed by atoms with Crippen LogP contribution in [0.4, 0.5) is 0 Å².